The summed E-state index contributed by atoms with van der Waals surface area (Å²) in [6, 6.07) is 0.284. The van der Waals surface area contributed by atoms with E-state index in [1.165, 1.54) is 0 Å². The number of nitrogens with two attached hydrogens (primary N) is 1. The Labute approximate surface area is 117 Å². The molecule has 0 aliphatic carbocycles. The maximum absolute atomic E-state index is 12.3. The van der Waals surface area contributed by atoms with Crippen molar-refractivity contribution in [2.45, 2.75) is 19.9 Å². The molecule has 1 aliphatic heterocycles. The second-order valence-electron chi connectivity index (χ2n) is 5.49. The number of hydrogen-bond acceptors (Lipinski definition) is 4. The lowest BCUT2D eigenvalue weighted by atomic mass is 10.1. The van der Waals surface area contributed by atoms with Gasteiger partial charge in [-0.05, 0) is 20.9 Å². The number of likely N-dealkylation sites (N-methyl/N-ethyl adjacent to an activating group) is 2. The van der Waals surface area contributed by atoms with Crippen LogP contribution in [0.5, 0.6) is 0 Å². The molecule has 1 fully saturated rings. The van der Waals surface area contributed by atoms with Crippen molar-refractivity contribution in [2.24, 2.45) is 5.73 Å². The lowest BCUT2D eigenvalue weighted by Crippen LogP contribution is -2.57. The lowest BCUT2D eigenvalue weighted by Gasteiger charge is -2.39. The maximum atomic E-state index is 12.3. The van der Waals surface area contributed by atoms with Crippen molar-refractivity contribution in [2.75, 3.05) is 52.9 Å². The van der Waals surface area contributed by atoms with E-state index in [0.717, 1.165) is 31.8 Å². The third-order valence-corrected chi connectivity index (χ3v) is 3.61. The van der Waals surface area contributed by atoms with E-state index in [-0.39, 0.29) is 11.9 Å². The summed E-state index contributed by atoms with van der Waals surface area (Å²) in [4.78, 5) is 18.6. The molecule has 0 bridgehead atoms. The Balaban J connectivity index is 2.56. The summed E-state index contributed by atoms with van der Waals surface area (Å²) in [5, 5.41) is 0. The standard InChI is InChI=1S/C14H28N4O/c1-5-17(9-12(2)3)14(19)11-18-7-6-16(4)10-13(18)8-15/h13H,2,5-11,15H2,1,3-4H3. The Bertz CT molecular complexity index is 319. The second kappa shape index (κ2) is 7.62. The minimum absolute atomic E-state index is 0.175. The molecule has 2 N–H and O–H groups in total. The van der Waals surface area contributed by atoms with Crippen molar-refractivity contribution in [1.29, 1.82) is 0 Å². The second-order valence-corrected chi connectivity index (χ2v) is 5.49. The fourth-order valence-electron chi connectivity index (χ4n) is 2.46. The highest BCUT2D eigenvalue weighted by molar-refractivity contribution is 5.78. The summed E-state index contributed by atoms with van der Waals surface area (Å²) in [6.45, 7) is 13.1. The third-order valence-electron chi connectivity index (χ3n) is 3.61. The van der Waals surface area contributed by atoms with Gasteiger partial charge in [-0.25, -0.2) is 0 Å². The van der Waals surface area contributed by atoms with Gasteiger partial charge in [0.25, 0.3) is 0 Å². The first-order valence-electron chi connectivity index (χ1n) is 7.02. The molecule has 0 radical (unpaired) electrons. The molecular weight excluding hydrogens is 240 g/mol. The van der Waals surface area contributed by atoms with Crippen LogP contribution in [0.4, 0.5) is 0 Å². The van der Waals surface area contributed by atoms with Gasteiger partial charge in [0, 0.05) is 45.3 Å². The summed E-state index contributed by atoms with van der Waals surface area (Å²) >= 11 is 0. The van der Waals surface area contributed by atoms with E-state index >= 15 is 0 Å². The predicted octanol–water partition coefficient (Wildman–Crippen LogP) is -0.0143. The van der Waals surface area contributed by atoms with E-state index in [2.05, 4.69) is 23.4 Å². The lowest BCUT2D eigenvalue weighted by molar-refractivity contribution is -0.133. The summed E-state index contributed by atoms with van der Waals surface area (Å²) in [6.07, 6.45) is 0. The van der Waals surface area contributed by atoms with Gasteiger partial charge in [0.2, 0.25) is 5.91 Å². The van der Waals surface area contributed by atoms with Crippen LogP contribution in [-0.4, -0.2) is 79.5 Å². The molecule has 0 spiro atoms. The summed E-state index contributed by atoms with van der Waals surface area (Å²) in [7, 11) is 2.10. The molecular formula is C14H28N4O. The minimum atomic E-state index is 0.175. The highest BCUT2D eigenvalue weighted by atomic mass is 16.2. The molecule has 5 heteroatoms. The molecule has 1 amide bonds. The largest absolute Gasteiger partial charge is 0.338 e. The smallest absolute Gasteiger partial charge is 0.237 e. The summed E-state index contributed by atoms with van der Waals surface area (Å²) < 4.78 is 0. The van der Waals surface area contributed by atoms with Crippen LogP contribution in [0.25, 0.3) is 0 Å². The van der Waals surface area contributed by atoms with Gasteiger partial charge in [0.1, 0.15) is 0 Å². The summed E-state index contributed by atoms with van der Waals surface area (Å²) in [5.74, 6) is 0.175. The van der Waals surface area contributed by atoms with Crippen molar-refractivity contribution in [3.05, 3.63) is 12.2 Å². The van der Waals surface area contributed by atoms with Crippen molar-refractivity contribution >= 4 is 5.91 Å². The monoisotopic (exact) mass is 268 g/mol. The number of rotatable bonds is 6. The van der Waals surface area contributed by atoms with Gasteiger partial charge in [0.15, 0.2) is 0 Å². The molecule has 0 aromatic carbocycles. The molecule has 0 aromatic heterocycles. The predicted molar refractivity (Wildman–Crippen MR) is 79.0 cm³/mol. The Kier molecular flexibility index (Phi) is 6.48. The quantitative estimate of drug-likeness (QED) is 0.688. The number of nitrogens with zero attached hydrogens (tertiary/aromatic N) is 3. The first-order valence-corrected chi connectivity index (χ1v) is 7.02. The van der Waals surface area contributed by atoms with Gasteiger partial charge >= 0.3 is 0 Å². The normalized spacial score (nSPS) is 21.4. The van der Waals surface area contributed by atoms with Crippen LogP contribution in [0, 0.1) is 0 Å². The zero-order valence-electron chi connectivity index (χ0n) is 12.6. The third kappa shape index (κ3) is 4.93. The number of amides is 1. The van der Waals surface area contributed by atoms with Gasteiger partial charge in [-0.1, -0.05) is 12.2 Å². The van der Waals surface area contributed by atoms with Gasteiger partial charge < -0.3 is 15.5 Å². The first-order chi connectivity index (χ1) is 8.97. The van der Waals surface area contributed by atoms with Crippen molar-refractivity contribution in [3.63, 3.8) is 0 Å². The average molecular weight is 268 g/mol. The average Bonchev–Trinajstić information content (AvgIpc) is 2.37. The highest BCUT2D eigenvalue weighted by Crippen LogP contribution is 2.08. The fourth-order valence-corrected chi connectivity index (χ4v) is 2.46. The van der Waals surface area contributed by atoms with Crippen LogP contribution in [-0.2, 0) is 4.79 Å². The zero-order chi connectivity index (χ0) is 14.4. The summed E-state index contributed by atoms with van der Waals surface area (Å²) in [5.41, 5.74) is 6.83. The SMILES string of the molecule is C=C(C)CN(CC)C(=O)CN1CCN(C)CC1CN. The van der Waals surface area contributed by atoms with Gasteiger partial charge in [0.05, 0.1) is 6.54 Å². The molecule has 1 saturated heterocycles. The van der Waals surface area contributed by atoms with Gasteiger partial charge in [-0.2, -0.15) is 0 Å². The molecule has 1 atom stereocenters. The molecule has 1 aliphatic rings. The van der Waals surface area contributed by atoms with Gasteiger partial charge in [-0.15, -0.1) is 0 Å². The van der Waals surface area contributed by atoms with E-state index in [1.807, 2.05) is 18.7 Å². The minimum Gasteiger partial charge on any atom is -0.338 e. The molecule has 0 saturated carbocycles. The van der Waals surface area contributed by atoms with Crippen molar-refractivity contribution < 1.29 is 4.79 Å². The Morgan fingerprint density at radius 3 is 2.68 bits per heavy atom. The number of hydrogen-bond donors (Lipinski definition) is 1. The molecule has 19 heavy (non-hydrogen) atoms. The topological polar surface area (TPSA) is 52.8 Å². The molecule has 0 aromatic rings. The van der Waals surface area contributed by atoms with E-state index < -0.39 is 0 Å². The maximum Gasteiger partial charge on any atom is 0.237 e. The van der Waals surface area contributed by atoms with E-state index in [0.29, 0.717) is 19.6 Å². The first kappa shape index (κ1) is 16.1. The molecule has 1 rings (SSSR count). The molecule has 5 nitrogen and oxygen atoms in total. The van der Waals surface area contributed by atoms with Crippen molar-refractivity contribution in [1.82, 2.24) is 14.7 Å². The van der Waals surface area contributed by atoms with Crippen LogP contribution in [0.2, 0.25) is 0 Å². The van der Waals surface area contributed by atoms with E-state index in [1.54, 1.807) is 0 Å². The highest BCUT2D eigenvalue weighted by Gasteiger charge is 2.26. The Morgan fingerprint density at radius 1 is 1.47 bits per heavy atom. The molecule has 110 valence electrons. The Morgan fingerprint density at radius 2 is 2.16 bits per heavy atom. The molecule has 1 heterocycles. The van der Waals surface area contributed by atoms with E-state index in [4.69, 9.17) is 5.73 Å². The van der Waals surface area contributed by atoms with Gasteiger partial charge in [-0.3, -0.25) is 9.69 Å². The van der Waals surface area contributed by atoms with Crippen LogP contribution >= 0.6 is 0 Å². The van der Waals surface area contributed by atoms with Crippen LogP contribution in [0.3, 0.4) is 0 Å². The number of carbonyl (C=O) groups excluding carboxylic acids is 1. The van der Waals surface area contributed by atoms with E-state index in [9.17, 15) is 4.79 Å². The number of carbonyl (C=O) groups is 1. The van der Waals surface area contributed by atoms with Crippen molar-refractivity contribution in [3.8, 4) is 0 Å². The van der Waals surface area contributed by atoms with Crippen LogP contribution < -0.4 is 5.73 Å². The fraction of sp³-hybridized carbons (Fsp3) is 0.786. The Hall–Kier alpha value is -0.910. The molecule has 1 unspecified atom stereocenters. The van der Waals surface area contributed by atoms with Crippen LogP contribution in [0.1, 0.15) is 13.8 Å². The van der Waals surface area contributed by atoms with Crippen LogP contribution in [0.15, 0.2) is 12.2 Å². The number of piperazine rings is 1. The zero-order valence-corrected chi connectivity index (χ0v) is 12.6.